The number of anilines is 1. The van der Waals surface area contributed by atoms with E-state index >= 15 is 0 Å². The zero-order valence-electron chi connectivity index (χ0n) is 16.7. The lowest BCUT2D eigenvalue weighted by Gasteiger charge is -2.25. The van der Waals surface area contributed by atoms with Gasteiger partial charge in [0.05, 0.1) is 23.0 Å². The van der Waals surface area contributed by atoms with Crippen molar-refractivity contribution < 1.29 is 9.53 Å². The van der Waals surface area contributed by atoms with E-state index in [0.29, 0.717) is 12.2 Å². The van der Waals surface area contributed by atoms with Gasteiger partial charge in [-0.2, -0.15) is 9.78 Å². The van der Waals surface area contributed by atoms with Crippen LogP contribution in [0.25, 0.3) is 15.3 Å². The highest BCUT2D eigenvalue weighted by atomic mass is 79.9. The quantitative estimate of drug-likeness (QED) is 0.427. The molecule has 0 aliphatic carbocycles. The number of amides is 1. The molecule has 5 rings (SSSR count). The van der Waals surface area contributed by atoms with E-state index in [1.165, 1.54) is 5.56 Å². The molecule has 0 saturated heterocycles. The molecule has 1 aliphatic heterocycles. The van der Waals surface area contributed by atoms with E-state index in [1.807, 2.05) is 37.3 Å². The number of benzene rings is 2. The Morgan fingerprint density at radius 3 is 2.87 bits per heavy atom. The summed E-state index contributed by atoms with van der Waals surface area (Å²) in [6.07, 6.45) is 0.339. The van der Waals surface area contributed by atoms with Crippen LogP contribution in [0.5, 0.6) is 5.75 Å². The van der Waals surface area contributed by atoms with Crippen molar-refractivity contribution in [2.75, 3.05) is 12.4 Å². The molecule has 3 heterocycles. The van der Waals surface area contributed by atoms with Crippen LogP contribution < -0.4 is 10.1 Å². The van der Waals surface area contributed by atoms with Crippen molar-refractivity contribution in [2.45, 2.75) is 26.2 Å². The highest BCUT2D eigenvalue weighted by molar-refractivity contribution is 9.10. The molecule has 0 saturated carbocycles. The van der Waals surface area contributed by atoms with Crippen LogP contribution in [-0.2, 0) is 4.79 Å². The maximum absolute atomic E-state index is 12.7. The number of nitrogens with one attached hydrogen (secondary N) is 1. The Labute approximate surface area is 186 Å². The van der Waals surface area contributed by atoms with Crippen LogP contribution in [0.2, 0.25) is 0 Å². The van der Waals surface area contributed by atoms with E-state index in [0.717, 1.165) is 42.4 Å². The Bertz CT molecular complexity index is 1310. The third-order valence-corrected chi connectivity index (χ3v) is 6.87. The molecule has 1 amide bonds. The summed E-state index contributed by atoms with van der Waals surface area (Å²) in [4.78, 5) is 17.4. The van der Waals surface area contributed by atoms with Gasteiger partial charge in [0, 0.05) is 27.9 Å². The second-order valence-electron chi connectivity index (χ2n) is 7.42. The second kappa shape index (κ2) is 7.21. The minimum Gasteiger partial charge on any atom is -0.496 e. The van der Waals surface area contributed by atoms with Gasteiger partial charge in [0.25, 0.3) is 0 Å². The molecule has 2 aromatic carbocycles. The van der Waals surface area contributed by atoms with Crippen molar-refractivity contribution in [1.29, 1.82) is 0 Å². The number of halogens is 1. The van der Waals surface area contributed by atoms with Crippen molar-refractivity contribution in [2.24, 2.45) is 0 Å². The van der Waals surface area contributed by atoms with Gasteiger partial charge in [0.15, 0.2) is 0 Å². The molecule has 2 aromatic heterocycles. The SMILES string of the molecule is COc1ccc(Br)cc1C1CC(=O)Nc2c1c(C)nn2-c1nc2ccc(C)cc2s1. The molecule has 1 aliphatic rings. The van der Waals surface area contributed by atoms with Crippen LogP contribution in [0, 0.1) is 13.8 Å². The van der Waals surface area contributed by atoms with Gasteiger partial charge in [0.1, 0.15) is 11.6 Å². The van der Waals surface area contributed by atoms with Gasteiger partial charge in [-0.3, -0.25) is 4.79 Å². The first-order valence-electron chi connectivity index (χ1n) is 9.55. The predicted octanol–water partition coefficient (Wildman–Crippen LogP) is 5.34. The third kappa shape index (κ3) is 3.11. The topological polar surface area (TPSA) is 69.0 Å². The predicted molar refractivity (Wildman–Crippen MR) is 122 cm³/mol. The highest BCUT2D eigenvalue weighted by Gasteiger charge is 2.34. The Balaban J connectivity index is 1.69. The molecule has 1 atom stereocenters. The summed E-state index contributed by atoms with van der Waals surface area (Å²) in [5.41, 5.74) is 4.95. The maximum atomic E-state index is 12.7. The molecule has 0 spiro atoms. The summed E-state index contributed by atoms with van der Waals surface area (Å²) in [5.74, 6) is 1.25. The van der Waals surface area contributed by atoms with Crippen LogP contribution in [0.15, 0.2) is 40.9 Å². The first kappa shape index (κ1) is 19.3. The summed E-state index contributed by atoms with van der Waals surface area (Å²) < 4.78 is 9.40. The number of ether oxygens (including phenoxy) is 1. The molecule has 6 nitrogen and oxygen atoms in total. The van der Waals surface area contributed by atoms with Crippen LogP contribution in [0.3, 0.4) is 0 Å². The van der Waals surface area contributed by atoms with E-state index < -0.39 is 0 Å². The van der Waals surface area contributed by atoms with Crippen LogP contribution in [-0.4, -0.2) is 27.8 Å². The van der Waals surface area contributed by atoms with Crippen LogP contribution in [0.4, 0.5) is 5.82 Å². The Kier molecular flexibility index (Phi) is 4.63. The molecule has 0 bridgehead atoms. The zero-order chi connectivity index (χ0) is 21.0. The minimum absolute atomic E-state index is 0.0485. The average molecular weight is 483 g/mol. The molecule has 152 valence electrons. The lowest BCUT2D eigenvalue weighted by atomic mass is 9.85. The number of carbonyl (C=O) groups excluding carboxylic acids is 1. The normalized spacial score (nSPS) is 15.9. The van der Waals surface area contributed by atoms with E-state index in [1.54, 1.807) is 23.1 Å². The summed E-state index contributed by atoms with van der Waals surface area (Å²) in [7, 11) is 1.65. The van der Waals surface area contributed by atoms with Crippen molar-refractivity contribution in [1.82, 2.24) is 14.8 Å². The first-order valence-corrected chi connectivity index (χ1v) is 11.2. The van der Waals surface area contributed by atoms with E-state index in [4.69, 9.17) is 14.8 Å². The van der Waals surface area contributed by atoms with E-state index in [2.05, 4.69) is 34.2 Å². The van der Waals surface area contributed by atoms with E-state index in [9.17, 15) is 4.79 Å². The number of rotatable bonds is 3. The summed E-state index contributed by atoms with van der Waals surface area (Å²) in [6.45, 7) is 4.04. The average Bonchev–Trinajstić information content (AvgIpc) is 3.27. The number of nitrogens with zero attached hydrogens (tertiary/aromatic N) is 3. The van der Waals surface area contributed by atoms with Crippen LogP contribution >= 0.6 is 27.3 Å². The molecular weight excluding hydrogens is 464 g/mol. The maximum Gasteiger partial charge on any atom is 0.226 e. The molecule has 8 heteroatoms. The lowest BCUT2D eigenvalue weighted by molar-refractivity contribution is -0.116. The molecule has 30 heavy (non-hydrogen) atoms. The van der Waals surface area contributed by atoms with Gasteiger partial charge in [0.2, 0.25) is 11.0 Å². The smallest absolute Gasteiger partial charge is 0.226 e. The van der Waals surface area contributed by atoms with Gasteiger partial charge < -0.3 is 10.1 Å². The number of hydrogen-bond donors (Lipinski definition) is 1. The largest absolute Gasteiger partial charge is 0.496 e. The monoisotopic (exact) mass is 482 g/mol. The number of aromatic nitrogens is 3. The molecule has 4 aromatic rings. The third-order valence-electron chi connectivity index (χ3n) is 5.38. The molecule has 1 unspecified atom stereocenters. The zero-order valence-corrected chi connectivity index (χ0v) is 19.1. The fourth-order valence-corrected chi connectivity index (χ4v) is 5.44. The van der Waals surface area contributed by atoms with Crippen molar-refractivity contribution in [3.63, 3.8) is 0 Å². The fourth-order valence-electron chi connectivity index (χ4n) is 4.04. The van der Waals surface area contributed by atoms with E-state index in [-0.39, 0.29) is 11.8 Å². The number of carbonyl (C=O) groups is 1. The summed E-state index contributed by atoms with van der Waals surface area (Å²) in [6, 6.07) is 12.1. The number of aryl methyl sites for hydroxylation is 2. The number of hydrogen-bond acceptors (Lipinski definition) is 5. The number of thiazole rings is 1. The number of methoxy groups -OCH3 is 1. The van der Waals surface area contributed by atoms with Crippen molar-refractivity contribution in [3.05, 3.63) is 63.3 Å². The van der Waals surface area contributed by atoms with Crippen LogP contribution in [0.1, 0.15) is 34.7 Å². The highest BCUT2D eigenvalue weighted by Crippen LogP contribution is 2.44. The Morgan fingerprint density at radius 1 is 1.23 bits per heavy atom. The van der Waals surface area contributed by atoms with Crippen molar-refractivity contribution >= 4 is 49.2 Å². The molecular formula is C22H19BrN4O2S. The van der Waals surface area contributed by atoms with Crippen molar-refractivity contribution in [3.8, 4) is 10.9 Å². The van der Waals surface area contributed by atoms with Gasteiger partial charge >= 0.3 is 0 Å². The van der Waals surface area contributed by atoms with Gasteiger partial charge in [-0.1, -0.05) is 33.3 Å². The van der Waals surface area contributed by atoms with Gasteiger partial charge in [-0.05, 0) is 49.7 Å². The Hall–Kier alpha value is -2.71. The summed E-state index contributed by atoms with van der Waals surface area (Å²) >= 11 is 5.11. The summed E-state index contributed by atoms with van der Waals surface area (Å²) in [5, 5.41) is 8.53. The molecule has 0 radical (unpaired) electrons. The fraction of sp³-hybridized carbons (Fsp3) is 0.227. The van der Waals surface area contributed by atoms with Gasteiger partial charge in [-0.25, -0.2) is 4.98 Å². The van der Waals surface area contributed by atoms with Gasteiger partial charge in [-0.15, -0.1) is 0 Å². The first-order chi connectivity index (χ1) is 14.4. The molecule has 1 N–H and O–H groups in total. The molecule has 0 fully saturated rings. The number of fused-ring (bicyclic) bond motifs is 2. The minimum atomic E-state index is -0.147. The second-order valence-corrected chi connectivity index (χ2v) is 9.34. The standard InChI is InChI=1S/C22H19BrN4O2S/c1-11-4-6-16-18(8-11)30-22(24-16)27-21-20(12(2)26-27)15(10-19(28)25-21)14-9-13(23)5-7-17(14)29-3/h4-9,15H,10H2,1-3H3,(H,25,28). The lowest BCUT2D eigenvalue weighted by Crippen LogP contribution is -2.25. The Morgan fingerprint density at radius 2 is 2.07 bits per heavy atom.